The zero-order chi connectivity index (χ0) is 37.5. The molecule has 5 aromatic carbocycles. The zero-order valence-corrected chi connectivity index (χ0v) is 33.2. The van der Waals surface area contributed by atoms with Crippen LogP contribution < -0.4 is 9.80 Å². The number of nitrogens with zero attached hydrogens (tertiary/aromatic N) is 2. The molecule has 0 spiro atoms. The first-order chi connectivity index (χ1) is 27.8. The molecule has 4 atom stereocenters. The number of para-hydroxylation sites is 4. The van der Waals surface area contributed by atoms with Crippen molar-refractivity contribution in [2.75, 3.05) is 9.80 Å². The van der Waals surface area contributed by atoms with Crippen LogP contribution in [0.25, 0.3) is 6.08 Å². The number of hydrogen-bond donors (Lipinski definition) is 0. The highest BCUT2D eigenvalue weighted by molar-refractivity contribution is 5.77. The van der Waals surface area contributed by atoms with Crippen LogP contribution in [0.15, 0.2) is 164 Å². The largest absolute Gasteiger partial charge is 0.338 e. The summed E-state index contributed by atoms with van der Waals surface area (Å²) in [5.74, 6) is 5.50. The van der Waals surface area contributed by atoms with Crippen LogP contribution in [-0.4, -0.2) is 6.04 Å². The predicted octanol–water partition coefficient (Wildman–Crippen LogP) is 15.0. The fourth-order valence-electron chi connectivity index (χ4n) is 11.6. The number of allylic oxidation sites excluding steroid dienone is 3. The Bertz CT molecular complexity index is 1890. The molecule has 286 valence electrons. The molecule has 9 rings (SSSR count). The Kier molecular flexibility index (Phi) is 11.5. The predicted molar refractivity (Wildman–Crippen MR) is 238 cm³/mol. The quantitative estimate of drug-likeness (QED) is 0.132. The molecule has 2 heteroatoms. The maximum atomic E-state index is 2.81. The van der Waals surface area contributed by atoms with Gasteiger partial charge in [-0.15, -0.1) is 0 Å². The molecule has 0 bridgehead atoms. The summed E-state index contributed by atoms with van der Waals surface area (Å²) in [6.45, 7) is 0. The molecule has 4 saturated carbocycles. The molecule has 0 saturated heterocycles. The van der Waals surface area contributed by atoms with Crippen molar-refractivity contribution in [1.29, 1.82) is 0 Å². The van der Waals surface area contributed by atoms with Crippen LogP contribution in [0, 0.1) is 41.4 Å². The zero-order valence-electron chi connectivity index (χ0n) is 33.2. The molecule has 2 nitrogen and oxygen atoms in total. The fraction of sp³-hybridized carbons (Fsp3) is 0.370. The first kappa shape index (κ1) is 36.8. The van der Waals surface area contributed by atoms with E-state index in [0.717, 1.165) is 29.6 Å². The first-order valence-corrected chi connectivity index (χ1v) is 22.1. The highest BCUT2D eigenvalue weighted by Crippen LogP contribution is 2.57. The van der Waals surface area contributed by atoms with E-state index in [0.29, 0.717) is 17.9 Å². The molecule has 4 aliphatic carbocycles. The highest BCUT2D eigenvalue weighted by atomic mass is 15.2. The van der Waals surface area contributed by atoms with E-state index in [1.807, 2.05) is 0 Å². The standard InChI is InChI=1S/C54H60N2/c1-5-17-43(18-6-1)55(44-19-7-2-8-20-44)47-35-29-41(30-36-47)33-39-53-49-25-13-15-27-51(49)54(52-28-16-14-26-50(52)53)40-34-42-31-37-48(38-32-42)56(45-21-9-3-10-22-45)46-23-11-4-12-24-46/h1-12,17-24,29-30,33-36,39-40,42,48-54H,13-16,25-28,31-32,37-38H2/b39-33+,40-34+. The smallest absolute Gasteiger partial charge is 0.0462 e. The summed E-state index contributed by atoms with van der Waals surface area (Å²) >= 11 is 0. The normalized spacial score (nSPS) is 27.7. The summed E-state index contributed by atoms with van der Waals surface area (Å²) < 4.78 is 0. The van der Waals surface area contributed by atoms with E-state index in [1.165, 1.54) is 111 Å². The van der Waals surface area contributed by atoms with E-state index < -0.39 is 0 Å². The molecule has 0 radical (unpaired) electrons. The lowest BCUT2D eigenvalue weighted by atomic mass is 9.50. The molecular weight excluding hydrogens is 677 g/mol. The van der Waals surface area contributed by atoms with Crippen LogP contribution in [0.3, 0.4) is 0 Å². The Morgan fingerprint density at radius 1 is 0.357 bits per heavy atom. The Labute approximate surface area is 337 Å². The van der Waals surface area contributed by atoms with Gasteiger partial charge in [0.15, 0.2) is 0 Å². The van der Waals surface area contributed by atoms with Crippen molar-refractivity contribution in [2.24, 2.45) is 41.4 Å². The van der Waals surface area contributed by atoms with E-state index >= 15 is 0 Å². The SMILES string of the molecule is C(=C\C1C2CCCCC2C(/C=C/C2CCC(N(c3ccccc3)c3ccccc3)CC2)C2CCCCC12)/c1ccc(N(c2ccccc2)c2ccccc2)cc1. The van der Waals surface area contributed by atoms with Gasteiger partial charge in [0.1, 0.15) is 0 Å². The summed E-state index contributed by atoms with van der Waals surface area (Å²) in [7, 11) is 0. The molecule has 4 unspecified atom stereocenters. The topological polar surface area (TPSA) is 6.48 Å². The second-order valence-electron chi connectivity index (χ2n) is 17.3. The second kappa shape index (κ2) is 17.5. The van der Waals surface area contributed by atoms with Crippen LogP contribution in [0.5, 0.6) is 0 Å². The van der Waals surface area contributed by atoms with Crippen molar-refractivity contribution in [2.45, 2.75) is 83.1 Å². The van der Waals surface area contributed by atoms with Crippen LogP contribution in [0.1, 0.15) is 82.6 Å². The fourth-order valence-corrected chi connectivity index (χ4v) is 11.6. The lowest BCUT2D eigenvalue weighted by Crippen LogP contribution is -2.47. The van der Waals surface area contributed by atoms with Crippen molar-refractivity contribution in [1.82, 2.24) is 0 Å². The number of anilines is 5. The molecule has 0 heterocycles. The third-order valence-corrected chi connectivity index (χ3v) is 14.2. The molecule has 5 aromatic rings. The van der Waals surface area contributed by atoms with Gasteiger partial charge in [-0.3, -0.25) is 0 Å². The van der Waals surface area contributed by atoms with Crippen LogP contribution >= 0.6 is 0 Å². The van der Waals surface area contributed by atoms with Gasteiger partial charge in [0.2, 0.25) is 0 Å². The maximum absolute atomic E-state index is 2.81. The Morgan fingerprint density at radius 2 is 0.750 bits per heavy atom. The number of fused-ring (bicyclic) bond motifs is 2. The number of rotatable bonds is 10. The highest BCUT2D eigenvalue weighted by Gasteiger charge is 2.49. The Morgan fingerprint density at radius 3 is 1.20 bits per heavy atom. The van der Waals surface area contributed by atoms with Crippen LogP contribution in [0.4, 0.5) is 28.4 Å². The summed E-state index contributed by atoms with van der Waals surface area (Å²) in [5.41, 5.74) is 7.54. The minimum atomic E-state index is 0.556. The van der Waals surface area contributed by atoms with E-state index in [9.17, 15) is 0 Å². The molecular formula is C54H60N2. The summed E-state index contributed by atoms with van der Waals surface area (Å²) in [5, 5.41) is 0. The van der Waals surface area contributed by atoms with Crippen molar-refractivity contribution < 1.29 is 0 Å². The summed E-state index contributed by atoms with van der Waals surface area (Å²) in [4.78, 5) is 4.98. The monoisotopic (exact) mass is 736 g/mol. The first-order valence-electron chi connectivity index (χ1n) is 22.1. The minimum Gasteiger partial charge on any atom is -0.338 e. The van der Waals surface area contributed by atoms with Gasteiger partial charge < -0.3 is 9.80 Å². The third-order valence-electron chi connectivity index (χ3n) is 14.2. The summed E-state index contributed by atoms with van der Waals surface area (Å²) in [6, 6.07) is 53.5. The van der Waals surface area contributed by atoms with E-state index in [4.69, 9.17) is 0 Å². The molecule has 0 N–H and O–H groups in total. The lowest BCUT2D eigenvalue weighted by Gasteiger charge is -2.54. The average Bonchev–Trinajstić information content (AvgIpc) is 3.27. The molecule has 4 fully saturated rings. The number of hydrogen-bond acceptors (Lipinski definition) is 2. The van der Waals surface area contributed by atoms with Gasteiger partial charge in [-0.1, -0.05) is 135 Å². The number of benzene rings is 5. The van der Waals surface area contributed by atoms with E-state index in [1.54, 1.807) is 0 Å². The molecule has 4 aliphatic rings. The van der Waals surface area contributed by atoms with Gasteiger partial charge >= 0.3 is 0 Å². The Hall–Kier alpha value is -4.82. The molecule has 0 aliphatic heterocycles. The van der Waals surface area contributed by atoms with Crippen molar-refractivity contribution in [3.63, 3.8) is 0 Å². The summed E-state index contributed by atoms with van der Waals surface area (Å²) in [6.07, 6.45) is 27.2. The van der Waals surface area contributed by atoms with E-state index in [-0.39, 0.29) is 0 Å². The molecule has 0 aromatic heterocycles. The maximum Gasteiger partial charge on any atom is 0.0462 e. The molecule has 0 amide bonds. The minimum absolute atomic E-state index is 0.556. The average molecular weight is 737 g/mol. The second-order valence-corrected chi connectivity index (χ2v) is 17.3. The third kappa shape index (κ3) is 8.04. The van der Waals surface area contributed by atoms with Crippen LogP contribution in [0.2, 0.25) is 0 Å². The van der Waals surface area contributed by atoms with Gasteiger partial charge in [0.25, 0.3) is 0 Å². The van der Waals surface area contributed by atoms with Crippen LogP contribution in [-0.2, 0) is 0 Å². The lowest BCUT2D eigenvalue weighted by molar-refractivity contribution is -0.0238. The van der Waals surface area contributed by atoms with E-state index in [2.05, 4.69) is 180 Å². The van der Waals surface area contributed by atoms with Gasteiger partial charge in [0, 0.05) is 34.5 Å². The van der Waals surface area contributed by atoms with Gasteiger partial charge in [0.05, 0.1) is 0 Å². The van der Waals surface area contributed by atoms with Gasteiger partial charge in [-0.25, -0.2) is 0 Å². The van der Waals surface area contributed by atoms with Gasteiger partial charge in [-0.05, 0) is 159 Å². The molecule has 56 heavy (non-hydrogen) atoms. The van der Waals surface area contributed by atoms with Crippen molar-refractivity contribution >= 4 is 34.5 Å². The Balaban J connectivity index is 0.901. The van der Waals surface area contributed by atoms with Crippen molar-refractivity contribution in [3.8, 4) is 0 Å². The van der Waals surface area contributed by atoms with Crippen molar-refractivity contribution in [3.05, 3.63) is 169 Å². The van der Waals surface area contributed by atoms with Gasteiger partial charge in [-0.2, -0.15) is 0 Å².